The third kappa shape index (κ3) is 36.5. The second-order valence-corrected chi connectivity index (χ2v) is 3.27. The Balaban J connectivity index is -0.000000142. The molecule has 0 fully saturated rings. The van der Waals surface area contributed by atoms with Gasteiger partial charge >= 0.3 is 40.6 Å². The Morgan fingerprint density at radius 3 is 0.704 bits per heavy atom. The zero-order valence-electron chi connectivity index (χ0n) is 11.2. The van der Waals surface area contributed by atoms with Crippen LogP contribution in [0.2, 0.25) is 0 Å². The van der Waals surface area contributed by atoms with Crippen LogP contribution in [0.3, 0.4) is 0 Å². The predicted molar refractivity (Wildman–Crippen MR) is 63.9 cm³/mol. The van der Waals surface area contributed by atoms with Crippen molar-refractivity contribution in [2.24, 2.45) is 0 Å². The summed E-state index contributed by atoms with van der Waals surface area (Å²) >= 11 is 0. The molecule has 0 saturated heterocycles. The van der Waals surface area contributed by atoms with Gasteiger partial charge in [0, 0.05) is 6.07 Å². The van der Waals surface area contributed by atoms with Gasteiger partial charge in [-0.1, -0.05) is 0 Å². The molecule has 1 aromatic rings. The Hall–Kier alpha value is -1.18. The third-order valence-corrected chi connectivity index (χ3v) is 1.06. The van der Waals surface area contributed by atoms with Crippen molar-refractivity contribution >= 4 is 40.6 Å². The Morgan fingerprint density at radius 1 is 0.407 bits per heavy atom. The van der Waals surface area contributed by atoms with Crippen LogP contribution in [-0.4, -0.2) is 40.6 Å². The summed E-state index contributed by atoms with van der Waals surface area (Å²) in [6, 6.07) is -0.0618. The summed E-state index contributed by atoms with van der Waals surface area (Å²) < 4.78 is 177. The molecule has 0 N–H and O–H groups in total. The summed E-state index contributed by atoms with van der Waals surface area (Å²) in [5.41, 5.74) is 0. The molecule has 1 aromatic carbocycles. The molecule has 0 spiro atoms. The quantitative estimate of drug-likeness (QED) is 0.214. The molecule has 1 rings (SSSR count). The molecule has 0 atom stereocenters. The van der Waals surface area contributed by atoms with Gasteiger partial charge in [-0.3, -0.25) is 0 Å². The van der Waals surface area contributed by atoms with Crippen molar-refractivity contribution in [3.63, 3.8) is 0 Å². The van der Waals surface area contributed by atoms with E-state index in [1.807, 2.05) is 0 Å². The second-order valence-electron chi connectivity index (χ2n) is 3.27. The van der Waals surface area contributed by atoms with Crippen LogP contribution in [0.4, 0.5) is 73.7 Å². The zero-order valence-corrected chi connectivity index (χ0v) is 11.2. The molecule has 0 aromatic heterocycles. The van der Waals surface area contributed by atoms with E-state index in [4.69, 9.17) is 0 Å². The Labute approximate surface area is 150 Å². The van der Waals surface area contributed by atoms with Crippen LogP contribution in [-0.2, 0) is 0 Å². The Bertz CT molecular complexity index is 463. The molecule has 0 amide bonds. The molecular weight excluding hydrogens is 434 g/mol. The molecule has 0 unspecified atom stereocenters. The number of benzene rings is 1. The van der Waals surface area contributed by atoms with Crippen molar-refractivity contribution in [2.45, 2.75) is 0 Å². The van der Waals surface area contributed by atoms with E-state index in [2.05, 4.69) is 0 Å². The summed E-state index contributed by atoms with van der Waals surface area (Å²) in [6.45, 7) is 0. The van der Waals surface area contributed by atoms with Crippen LogP contribution in [0.1, 0.15) is 0 Å². The molecule has 0 nitrogen and oxygen atoms in total. The van der Waals surface area contributed by atoms with Crippen LogP contribution in [0, 0.1) is 29.1 Å². The molecule has 27 heavy (non-hydrogen) atoms. The summed E-state index contributed by atoms with van der Waals surface area (Å²) in [6.07, 6.45) is 0. The molecule has 0 aliphatic heterocycles. The van der Waals surface area contributed by atoms with E-state index in [0.717, 1.165) is 0 Å². The monoisotopic (exact) mass is 437 g/mol. The molecular formula is C6H2B3F17Li-3. The van der Waals surface area contributed by atoms with E-state index in [0.29, 0.717) is 0 Å². The van der Waals surface area contributed by atoms with Gasteiger partial charge in [-0.2, -0.15) is 0 Å². The molecule has 0 aliphatic carbocycles. The van der Waals surface area contributed by atoms with Gasteiger partial charge in [0.25, 0.3) is 0 Å². The van der Waals surface area contributed by atoms with Gasteiger partial charge in [0.1, 0.15) is 0 Å². The second kappa shape index (κ2) is 13.1. The van der Waals surface area contributed by atoms with Gasteiger partial charge in [0.05, 0.1) is 0 Å². The summed E-state index contributed by atoms with van der Waals surface area (Å²) in [4.78, 5) is 0. The summed E-state index contributed by atoms with van der Waals surface area (Å²) in [5, 5.41) is 0. The van der Waals surface area contributed by atoms with E-state index in [1.165, 1.54) is 0 Å². The van der Waals surface area contributed by atoms with Crippen molar-refractivity contribution in [2.75, 3.05) is 0 Å². The van der Waals surface area contributed by atoms with Gasteiger partial charge in [0.2, 0.25) is 5.82 Å². The maximum absolute atomic E-state index is 12.0. The molecule has 0 aliphatic rings. The zero-order chi connectivity index (χ0) is 22.1. The topological polar surface area (TPSA) is 0 Å². The SMILES string of the molecule is F[B-](F)(F)F.F[B-](F)(F)F.F[B-](F)(F)F.Fc1cc(F)c(F)c(F)c1F.[LiH]. The fraction of sp³-hybridized carbons (Fsp3) is 0. The predicted octanol–water partition coefficient (Wildman–Crippen LogP) is 5.63. The average molecular weight is 436 g/mol. The molecule has 0 bridgehead atoms. The first-order valence-electron chi connectivity index (χ1n) is 5.14. The van der Waals surface area contributed by atoms with Crippen molar-refractivity contribution in [3.8, 4) is 0 Å². The van der Waals surface area contributed by atoms with Crippen molar-refractivity contribution in [1.82, 2.24) is 0 Å². The fourth-order valence-electron chi connectivity index (χ4n) is 0.544. The van der Waals surface area contributed by atoms with E-state index < -0.39 is 50.8 Å². The van der Waals surface area contributed by atoms with Crippen LogP contribution >= 0.6 is 0 Å². The molecule has 0 radical (unpaired) electrons. The van der Waals surface area contributed by atoms with Crippen molar-refractivity contribution in [1.29, 1.82) is 0 Å². The first-order valence-corrected chi connectivity index (χ1v) is 5.14. The van der Waals surface area contributed by atoms with Gasteiger partial charge in [-0.05, 0) is 0 Å². The molecule has 0 saturated carbocycles. The summed E-state index contributed by atoms with van der Waals surface area (Å²) in [5.74, 6) is -9.65. The van der Waals surface area contributed by atoms with E-state index in [1.54, 1.807) is 0 Å². The van der Waals surface area contributed by atoms with Crippen LogP contribution in [0.25, 0.3) is 0 Å². The normalized spacial score (nSPS) is 10.9. The maximum atomic E-state index is 12.0. The number of hydrogen-bond donors (Lipinski definition) is 0. The Morgan fingerprint density at radius 2 is 0.556 bits per heavy atom. The van der Waals surface area contributed by atoms with Crippen molar-refractivity contribution < 1.29 is 73.7 Å². The van der Waals surface area contributed by atoms with Gasteiger partial charge in [-0.25, -0.2) is 22.0 Å². The molecule has 0 heterocycles. The van der Waals surface area contributed by atoms with Crippen LogP contribution < -0.4 is 0 Å². The van der Waals surface area contributed by atoms with E-state index >= 15 is 0 Å². The van der Waals surface area contributed by atoms with Gasteiger partial charge in [-0.15, -0.1) is 0 Å². The first kappa shape index (κ1) is 33.4. The van der Waals surface area contributed by atoms with Gasteiger partial charge < -0.3 is 51.8 Å². The van der Waals surface area contributed by atoms with Gasteiger partial charge in [0.15, 0.2) is 23.3 Å². The standard InChI is InChI=1S/C6HF5.3BF4.Li.H/c7-2-1-3(8)5(10)6(11)4(2)9;3*2-1(3,4)5;;/h1H;;;;;/q;3*-1;;. The average Bonchev–Trinajstić information content (AvgIpc) is 2.27. The van der Waals surface area contributed by atoms with Crippen molar-refractivity contribution in [3.05, 3.63) is 35.2 Å². The molecule has 21 heteroatoms. The first-order chi connectivity index (χ1) is 11.0. The van der Waals surface area contributed by atoms with E-state index in [9.17, 15) is 73.7 Å². The van der Waals surface area contributed by atoms with E-state index in [-0.39, 0.29) is 24.9 Å². The minimum atomic E-state index is -6.00. The number of halogens is 17. The minimum absolute atomic E-state index is 0. The number of hydrogen-bond acceptors (Lipinski definition) is 0. The molecule has 158 valence electrons. The summed E-state index contributed by atoms with van der Waals surface area (Å²) in [7, 11) is -18.0. The van der Waals surface area contributed by atoms with Crippen LogP contribution in [0.15, 0.2) is 6.07 Å². The third-order valence-electron chi connectivity index (χ3n) is 1.06. The fourth-order valence-corrected chi connectivity index (χ4v) is 0.544. The Kier molecular flexibility index (Phi) is 16.2. The number of rotatable bonds is 0. The van der Waals surface area contributed by atoms with Crippen LogP contribution in [0.5, 0.6) is 0 Å².